The predicted octanol–water partition coefficient (Wildman–Crippen LogP) is 4.31. The zero-order chi connectivity index (χ0) is 19.6. The van der Waals surface area contributed by atoms with Crippen molar-refractivity contribution >= 4 is 28.6 Å². The molecule has 0 bridgehead atoms. The van der Waals surface area contributed by atoms with Gasteiger partial charge in [0.25, 0.3) is 5.91 Å². The summed E-state index contributed by atoms with van der Waals surface area (Å²) >= 11 is 3.41. The van der Waals surface area contributed by atoms with Crippen LogP contribution in [0, 0.1) is 0 Å². The molecule has 0 radical (unpaired) electrons. The lowest BCUT2D eigenvalue weighted by Gasteiger charge is -2.48. The third-order valence-corrected chi connectivity index (χ3v) is 7.18. The molecule has 3 atom stereocenters. The van der Waals surface area contributed by atoms with Gasteiger partial charge in [-0.05, 0) is 48.4 Å². The Balaban J connectivity index is 1.65. The highest BCUT2D eigenvalue weighted by Crippen LogP contribution is 2.40. The molecule has 146 valence electrons. The fourth-order valence-corrected chi connectivity index (χ4v) is 5.47. The quantitative estimate of drug-likeness (QED) is 0.657. The van der Waals surface area contributed by atoms with Crippen molar-refractivity contribution < 1.29 is 9.90 Å². The molecular formula is C22H24N2O2S2. The van der Waals surface area contributed by atoms with Crippen LogP contribution in [-0.4, -0.2) is 34.1 Å². The van der Waals surface area contributed by atoms with Gasteiger partial charge in [-0.3, -0.25) is 9.69 Å². The highest BCUT2D eigenvalue weighted by molar-refractivity contribution is 7.10. The fraction of sp³-hybridized carbons (Fsp3) is 0.318. The Morgan fingerprint density at radius 3 is 2.57 bits per heavy atom. The molecule has 1 fully saturated rings. The number of benzene rings is 1. The van der Waals surface area contributed by atoms with Crippen LogP contribution in [0.5, 0.6) is 0 Å². The lowest BCUT2D eigenvalue weighted by atomic mass is 9.81. The topological polar surface area (TPSA) is 52.6 Å². The lowest BCUT2D eigenvalue weighted by molar-refractivity contribution is -0.0653. The standard InChI is InChI=1S/C22H24N2O2S2/c1-22(26)11-12-24(15-17-9-5-13-27-17)19(18-10-6-14-28-18)20(22)23-21(25)16-7-3-2-4-8-16/h2-10,13-14,19-20,26H,11-12,15H2,1H3,(H,23,25)/t19-,20-,22+/m0/s1. The predicted molar refractivity (Wildman–Crippen MR) is 115 cm³/mol. The average Bonchev–Trinajstić information content (AvgIpc) is 3.39. The third-order valence-electron chi connectivity index (χ3n) is 5.38. The summed E-state index contributed by atoms with van der Waals surface area (Å²) in [5, 5.41) is 18.5. The Morgan fingerprint density at radius 2 is 1.89 bits per heavy atom. The summed E-state index contributed by atoms with van der Waals surface area (Å²) in [6, 6.07) is 17.1. The zero-order valence-electron chi connectivity index (χ0n) is 15.7. The van der Waals surface area contributed by atoms with Crippen molar-refractivity contribution in [2.24, 2.45) is 0 Å². The van der Waals surface area contributed by atoms with E-state index in [0.29, 0.717) is 12.0 Å². The largest absolute Gasteiger partial charge is 0.388 e. The Kier molecular flexibility index (Phi) is 5.64. The second-order valence-electron chi connectivity index (χ2n) is 7.43. The monoisotopic (exact) mass is 412 g/mol. The molecule has 4 nitrogen and oxygen atoms in total. The molecule has 1 aliphatic heterocycles. The Bertz CT molecular complexity index is 892. The number of hydrogen-bond acceptors (Lipinski definition) is 5. The first-order valence-electron chi connectivity index (χ1n) is 9.43. The normalized spacial score (nSPS) is 25.5. The number of hydrogen-bond donors (Lipinski definition) is 2. The molecule has 0 unspecified atom stereocenters. The lowest BCUT2D eigenvalue weighted by Crippen LogP contribution is -2.62. The van der Waals surface area contributed by atoms with Gasteiger partial charge in [0, 0.05) is 28.4 Å². The van der Waals surface area contributed by atoms with Crippen LogP contribution in [0.15, 0.2) is 65.4 Å². The number of likely N-dealkylation sites (tertiary alicyclic amines) is 1. The van der Waals surface area contributed by atoms with Gasteiger partial charge >= 0.3 is 0 Å². The van der Waals surface area contributed by atoms with E-state index in [4.69, 9.17) is 0 Å². The van der Waals surface area contributed by atoms with Crippen molar-refractivity contribution in [2.75, 3.05) is 6.54 Å². The number of nitrogens with zero attached hydrogens (tertiary/aromatic N) is 1. The van der Waals surface area contributed by atoms with E-state index in [9.17, 15) is 9.90 Å². The van der Waals surface area contributed by atoms with Crippen LogP contribution in [0.25, 0.3) is 0 Å². The summed E-state index contributed by atoms with van der Waals surface area (Å²) in [5.41, 5.74) is -0.371. The first-order chi connectivity index (χ1) is 13.5. The average molecular weight is 413 g/mol. The van der Waals surface area contributed by atoms with E-state index in [2.05, 4.69) is 39.2 Å². The van der Waals surface area contributed by atoms with E-state index in [0.717, 1.165) is 18.0 Å². The Morgan fingerprint density at radius 1 is 1.14 bits per heavy atom. The molecule has 1 saturated heterocycles. The molecular weight excluding hydrogens is 388 g/mol. The smallest absolute Gasteiger partial charge is 0.251 e. The molecule has 0 aliphatic carbocycles. The summed E-state index contributed by atoms with van der Waals surface area (Å²) in [6.45, 7) is 3.44. The minimum atomic E-state index is -0.981. The van der Waals surface area contributed by atoms with Gasteiger partial charge in [-0.15, -0.1) is 22.7 Å². The molecule has 4 rings (SSSR count). The maximum absolute atomic E-state index is 12.9. The molecule has 28 heavy (non-hydrogen) atoms. The van der Waals surface area contributed by atoms with Crippen molar-refractivity contribution in [3.05, 3.63) is 80.7 Å². The van der Waals surface area contributed by atoms with Gasteiger partial charge in [0.2, 0.25) is 0 Å². The highest BCUT2D eigenvalue weighted by Gasteiger charge is 2.46. The van der Waals surface area contributed by atoms with E-state index in [1.54, 1.807) is 34.8 Å². The Labute approximate surface area is 173 Å². The van der Waals surface area contributed by atoms with E-state index >= 15 is 0 Å². The molecule has 1 aromatic carbocycles. The van der Waals surface area contributed by atoms with Crippen LogP contribution in [-0.2, 0) is 6.54 Å². The number of amides is 1. The van der Waals surface area contributed by atoms with E-state index < -0.39 is 11.6 Å². The number of carbonyl (C=O) groups is 1. The fourth-order valence-electron chi connectivity index (χ4n) is 3.85. The van der Waals surface area contributed by atoms with Gasteiger partial charge in [0.05, 0.1) is 17.7 Å². The maximum Gasteiger partial charge on any atom is 0.251 e. The Hall–Kier alpha value is -1.99. The first-order valence-corrected chi connectivity index (χ1v) is 11.2. The molecule has 2 N–H and O–H groups in total. The summed E-state index contributed by atoms with van der Waals surface area (Å²) in [7, 11) is 0. The number of rotatable bonds is 5. The van der Waals surface area contributed by atoms with Crippen molar-refractivity contribution in [2.45, 2.75) is 37.6 Å². The number of aliphatic hydroxyl groups is 1. The van der Waals surface area contributed by atoms with E-state index in [-0.39, 0.29) is 11.9 Å². The minimum Gasteiger partial charge on any atom is -0.388 e. The van der Waals surface area contributed by atoms with E-state index in [1.165, 1.54) is 4.88 Å². The summed E-state index contributed by atoms with van der Waals surface area (Å²) in [6.07, 6.45) is 0.611. The number of carbonyl (C=O) groups excluding carboxylic acids is 1. The maximum atomic E-state index is 12.9. The molecule has 0 saturated carbocycles. The van der Waals surface area contributed by atoms with Crippen molar-refractivity contribution in [1.82, 2.24) is 10.2 Å². The van der Waals surface area contributed by atoms with Crippen LogP contribution in [0.1, 0.15) is 39.5 Å². The second kappa shape index (κ2) is 8.17. The number of thiophene rings is 2. The molecule has 1 amide bonds. The van der Waals surface area contributed by atoms with Crippen molar-refractivity contribution in [3.8, 4) is 0 Å². The van der Waals surface area contributed by atoms with Gasteiger partial charge < -0.3 is 10.4 Å². The first kappa shape index (κ1) is 19.3. The number of piperidine rings is 1. The third kappa shape index (κ3) is 4.05. The van der Waals surface area contributed by atoms with Crippen LogP contribution < -0.4 is 5.32 Å². The second-order valence-corrected chi connectivity index (χ2v) is 9.45. The zero-order valence-corrected chi connectivity index (χ0v) is 17.4. The van der Waals surface area contributed by atoms with Gasteiger partial charge in [-0.1, -0.05) is 30.3 Å². The van der Waals surface area contributed by atoms with Crippen LogP contribution in [0.4, 0.5) is 0 Å². The van der Waals surface area contributed by atoms with Gasteiger partial charge in [0.15, 0.2) is 0 Å². The van der Waals surface area contributed by atoms with Crippen LogP contribution in [0.3, 0.4) is 0 Å². The van der Waals surface area contributed by atoms with Gasteiger partial charge in [0.1, 0.15) is 0 Å². The SMILES string of the molecule is C[C@@]1(O)CCN(Cc2cccs2)[C@@H](c2cccs2)[C@@H]1NC(=O)c1ccccc1. The van der Waals surface area contributed by atoms with Gasteiger partial charge in [-0.2, -0.15) is 0 Å². The molecule has 3 heterocycles. The highest BCUT2D eigenvalue weighted by atomic mass is 32.1. The summed E-state index contributed by atoms with van der Waals surface area (Å²) in [5.74, 6) is -0.148. The van der Waals surface area contributed by atoms with Crippen LogP contribution in [0.2, 0.25) is 0 Å². The number of nitrogens with one attached hydrogen (secondary N) is 1. The molecule has 2 aromatic heterocycles. The minimum absolute atomic E-state index is 0.0708. The van der Waals surface area contributed by atoms with E-state index in [1.807, 2.05) is 31.2 Å². The molecule has 0 spiro atoms. The molecule has 6 heteroatoms. The van der Waals surface area contributed by atoms with Crippen molar-refractivity contribution in [3.63, 3.8) is 0 Å². The van der Waals surface area contributed by atoms with Crippen LogP contribution >= 0.6 is 22.7 Å². The van der Waals surface area contributed by atoms with Crippen molar-refractivity contribution in [1.29, 1.82) is 0 Å². The molecule has 1 aliphatic rings. The summed E-state index contributed by atoms with van der Waals surface area (Å²) in [4.78, 5) is 17.7. The molecule has 3 aromatic rings. The van der Waals surface area contributed by atoms with Gasteiger partial charge in [-0.25, -0.2) is 0 Å². The summed E-state index contributed by atoms with van der Waals surface area (Å²) < 4.78 is 0.